The average molecular weight is 195 g/mol. The highest BCUT2D eigenvalue weighted by Crippen LogP contribution is 2.36. The number of rotatable bonds is 1. The average Bonchev–Trinajstić information content (AvgIpc) is 2.51. The number of benzene rings is 1. The maximum atomic E-state index is 9.27. The van der Waals surface area contributed by atoms with E-state index < -0.39 is 0 Å². The van der Waals surface area contributed by atoms with E-state index in [0.29, 0.717) is 17.0 Å². The summed E-state index contributed by atoms with van der Waals surface area (Å²) in [5.74, 6) is 0.0940. The van der Waals surface area contributed by atoms with Crippen molar-refractivity contribution in [2.24, 2.45) is 5.16 Å². The van der Waals surface area contributed by atoms with E-state index in [9.17, 15) is 10.2 Å². The van der Waals surface area contributed by atoms with Crippen LogP contribution in [0.3, 0.4) is 0 Å². The SMILES string of the molecule is CON=C1COc2cc(O)c(O)cc21. The summed E-state index contributed by atoms with van der Waals surface area (Å²) in [6.45, 7) is 0.284. The molecule has 2 rings (SSSR count). The molecule has 0 saturated heterocycles. The van der Waals surface area contributed by atoms with Crippen molar-refractivity contribution in [2.45, 2.75) is 0 Å². The van der Waals surface area contributed by atoms with Crippen LogP contribution >= 0.6 is 0 Å². The Bertz CT molecular complexity index is 400. The van der Waals surface area contributed by atoms with Crippen LogP contribution in [0.25, 0.3) is 0 Å². The Morgan fingerprint density at radius 3 is 2.79 bits per heavy atom. The molecule has 0 spiro atoms. The summed E-state index contributed by atoms with van der Waals surface area (Å²) in [4.78, 5) is 4.62. The first-order chi connectivity index (χ1) is 6.72. The van der Waals surface area contributed by atoms with Crippen LogP contribution in [0.4, 0.5) is 0 Å². The van der Waals surface area contributed by atoms with Crippen molar-refractivity contribution < 1.29 is 19.8 Å². The Morgan fingerprint density at radius 1 is 1.36 bits per heavy atom. The molecular formula is C9H9NO4. The van der Waals surface area contributed by atoms with E-state index in [-0.39, 0.29) is 18.1 Å². The Kier molecular flexibility index (Phi) is 1.92. The van der Waals surface area contributed by atoms with Crippen molar-refractivity contribution in [3.05, 3.63) is 17.7 Å². The molecule has 74 valence electrons. The Balaban J connectivity index is 2.50. The van der Waals surface area contributed by atoms with Crippen molar-refractivity contribution in [3.8, 4) is 17.2 Å². The quantitative estimate of drug-likeness (QED) is 0.514. The van der Waals surface area contributed by atoms with Crippen LogP contribution in [0, 0.1) is 0 Å². The molecule has 0 atom stereocenters. The fourth-order valence-electron chi connectivity index (χ4n) is 1.31. The van der Waals surface area contributed by atoms with E-state index in [4.69, 9.17) is 4.74 Å². The fourth-order valence-corrected chi connectivity index (χ4v) is 1.31. The predicted octanol–water partition coefficient (Wildman–Crippen LogP) is 0.841. The zero-order chi connectivity index (χ0) is 10.1. The minimum absolute atomic E-state index is 0.196. The van der Waals surface area contributed by atoms with Gasteiger partial charge in [0.05, 0.1) is 0 Å². The molecule has 1 aliphatic heterocycles. The number of ether oxygens (including phenoxy) is 1. The number of aromatic hydroxyl groups is 2. The Hall–Kier alpha value is -1.91. The first-order valence-corrected chi connectivity index (χ1v) is 4.01. The van der Waals surface area contributed by atoms with E-state index in [0.717, 1.165) is 0 Å². The van der Waals surface area contributed by atoms with Crippen LogP contribution in [0.5, 0.6) is 17.2 Å². The van der Waals surface area contributed by atoms with E-state index in [1.165, 1.54) is 19.2 Å². The third-order valence-electron chi connectivity index (χ3n) is 1.95. The minimum atomic E-state index is -0.206. The van der Waals surface area contributed by atoms with E-state index in [1.807, 2.05) is 0 Å². The summed E-state index contributed by atoms with van der Waals surface area (Å²) < 4.78 is 5.22. The molecule has 2 N–H and O–H groups in total. The van der Waals surface area contributed by atoms with Gasteiger partial charge < -0.3 is 19.8 Å². The highest BCUT2D eigenvalue weighted by atomic mass is 16.6. The predicted molar refractivity (Wildman–Crippen MR) is 48.8 cm³/mol. The second-order valence-electron chi connectivity index (χ2n) is 2.85. The van der Waals surface area contributed by atoms with E-state index in [2.05, 4.69) is 9.99 Å². The zero-order valence-corrected chi connectivity index (χ0v) is 7.52. The van der Waals surface area contributed by atoms with Gasteiger partial charge in [0.15, 0.2) is 11.5 Å². The van der Waals surface area contributed by atoms with Gasteiger partial charge in [-0.15, -0.1) is 0 Å². The molecule has 0 saturated carbocycles. The molecule has 0 aliphatic carbocycles. The van der Waals surface area contributed by atoms with Gasteiger partial charge in [0.1, 0.15) is 25.2 Å². The largest absolute Gasteiger partial charge is 0.504 e. The van der Waals surface area contributed by atoms with Crippen molar-refractivity contribution in [1.82, 2.24) is 0 Å². The van der Waals surface area contributed by atoms with Crippen LogP contribution < -0.4 is 4.74 Å². The normalized spacial score (nSPS) is 16.5. The maximum absolute atomic E-state index is 9.27. The highest BCUT2D eigenvalue weighted by molar-refractivity contribution is 6.06. The van der Waals surface area contributed by atoms with Gasteiger partial charge in [-0.3, -0.25) is 0 Å². The van der Waals surface area contributed by atoms with Crippen molar-refractivity contribution in [3.63, 3.8) is 0 Å². The van der Waals surface area contributed by atoms with Crippen molar-refractivity contribution >= 4 is 5.71 Å². The third kappa shape index (κ3) is 1.22. The van der Waals surface area contributed by atoms with Gasteiger partial charge in [0.2, 0.25) is 0 Å². The summed E-state index contributed by atoms with van der Waals surface area (Å²) in [6, 6.07) is 2.75. The Labute approximate surface area is 80.2 Å². The molecule has 1 aromatic carbocycles. The molecule has 0 radical (unpaired) electrons. The molecule has 5 nitrogen and oxygen atoms in total. The molecule has 1 heterocycles. The number of hydrogen-bond acceptors (Lipinski definition) is 5. The molecule has 0 aromatic heterocycles. The lowest BCUT2D eigenvalue weighted by Gasteiger charge is -2.00. The van der Waals surface area contributed by atoms with E-state index >= 15 is 0 Å². The highest BCUT2D eigenvalue weighted by Gasteiger charge is 2.22. The summed E-state index contributed by atoms with van der Waals surface area (Å²) in [5, 5.41) is 22.2. The maximum Gasteiger partial charge on any atom is 0.161 e. The molecule has 5 heteroatoms. The number of hydrogen-bond donors (Lipinski definition) is 2. The van der Waals surface area contributed by atoms with Crippen LogP contribution in [-0.4, -0.2) is 29.6 Å². The number of oxime groups is 1. The number of phenols is 2. The lowest BCUT2D eigenvalue weighted by molar-refractivity contribution is 0.211. The summed E-state index contributed by atoms with van der Waals surface area (Å²) in [7, 11) is 1.44. The topological polar surface area (TPSA) is 71.3 Å². The van der Waals surface area contributed by atoms with Crippen LogP contribution in [-0.2, 0) is 4.84 Å². The molecule has 1 aliphatic rings. The zero-order valence-electron chi connectivity index (χ0n) is 7.52. The molecule has 1 aromatic rings. The van der Waals surface area contributed by atoms with Gasteiger partial charge in [0.25, 0.3) is 0 Å². The molecule has 14 heavy (non-hydrogen) atoms. The van der Waals surface area contributed by atoms with Crippen LogP contribution in [0.2, 0.25) is 0 Å². The van der Waals surface area contributed by atoms with Gasteiger partial charge in [-0.05, 0) is 6.07 Å². The lowest BCUT2D eigenvalue weighted by atomic mass is 10.1. The first-order valence-electron chi connectivity index (χ1n) is 4.01. The number of nitrogens with zero attached hydrogens (tertiary/aromatic N) is 1. The second kappa shape index (κ2) is 3.10. The van der Waals surface area contributed by atoms with Gasteiger partial charge >= 0.3 is 0 Å². The lowest BCUT2D eigenvalue weighted by Crippen LogP contribution is -2.02. The third-order valence-corrected chi connectivity index (χ3v) is 1.95. The van der Waals surface area contributed by atoms with Gasteiger partial charge in [-0.25, -0.2) is 0 Å². The van der Waals surface area contributed by atoms with Gasteiger partial charge in [0, 0.05) is 11.6 Å². The molecular weight excluding hydrogens is 186 g/mol. The minimum Gasteiger partial charge on any atom is -0.504 e. The van der Waals surface area contributed by atoms with Crippen molar-refractivity contribution in [1.29, 1.82) is 0 Å². The molecule has 0 amide bonds. The smallest absolute Gasteiger partial charge is 0.161 e. The van der Waals surface area contributed by atoms with Crippen LogP contribution in [0.15, 0.2) is 17.3 Å². The first kappa shape index (κ1) is 8.68. The summed E-state index contributed by atoms with van der Waals surface area (Å²) >= 11 is 0. The summed E-state index contributed by atoms with van der Waals surface area (Å²) in [6.07, 6.45) is 0. The Morgan fingerprint density at radius 2 is 2.07 bits per heavy atom. The van der Waals surface area contributed by atoms with Crippen LogP contribution in [0.1, 0.15) is 5.56 Å². The number of fused-ring (bicyclic) bond motifs is 1. The molecule has 0 fully saturated rings. The molecule has 0 bridgehead atoms. The van der Waals surface area contributed by atoms with E-state index in [1.54, 1.807) is 0 Å². The standard InChI is InChI=1S/C9H9NO4/c1-13-10-6-4-14-9-3-8(12)7(11)2-5(6)9/h2-3,11-12H,4H2,1H3. The second-order valence-corrected chi connectivity index (χ2v) is 2.85. The summed E-state index contributed by atoms with van der Waals surface area (Å²) in [5.41, 5.74) is 1.24. The fraction of sp³-hybridized carbons (Fsp3) is 0.222. The monoisotopic (exact) mass is 195 g/mol. The molecule has 0 unspecified atom stereocenters. The van der Waals surface area contributed by atoms with Crippen molar-refractivity contribution in [2.75, 3.05) is 13.7 Å². The van der Waals surface area contributed by atoms with Gasteiger partial charge in [-0.2, -0.15) is 0 Å². The number of phenolic OH excluding ortho intramolecular Hbond substituents is 2. The van der Waals surface area contributed by atoms with Gasteiger partial charge in [-0.1, -0.05) is 5.16 Å².